The van der Waals surface area contributed by atoms with Crippen LogP contribution in [0.25, 0.3) is 11.3 Å². The summed E-state index contributed by atoms with van der Waals surface area (Å²) < 4.78 is 24.7. The molecule has 1 aliphatic rings. The fourth-order valence-corrected chi connectivity index (χ4v) is 2.85. The van der Waals surface area contributed by atoms with Crippen molar-refractivity contribution in [2.75, 3.05) is 31.6 Å². The molecule has 1 aromatic carbocycles. The molecule has 1 atom stereocenters. The van der Waals surface area contributed by atoms with Crippen molar-refractivity contribution in [3.8, 4) is 11.3 Å². The summed E-state index contributed by atoms with van der Waals surface area (Å²) in [6.45, 7) is 4.57. The van der Waals surface area contributed by atoms with E-state index in [0.717, 1.165) is 6.42 Å². The Kier molecular flexibility index (Phi) is 5.15. The number of urea groups is 1. The van der Waals surface area contributed by atoms with Crippen LogP contribution in [0.5, 0.6) is 0 Å². The molecule has 0 aliphatic carbocycles. The molecule has 5 nitrogen and oxygen atoms in total. The van der Waals surface area contributed by atoms with Crippen molar-refractivity contribution in [3.05, 3.63) is 42.4 Å². The van der Waals surface area contributed by atoms with Gasteiger partial charge >= 0.3 is 6.03 Å². The van der Waals surface area contributed by atoms with Crippen LogP contribution in [0.4, 0.5) is 14.9 Å². The molecule has 1 fully saturated rings. The number of rotatable bonds is 5. The molecule has 0 saturated carbocycles. The summed E-state index contributed by atoms with van der Waals surface area (Å²) in [6, 6.07) is 7.80. The summed E-state index contributed by atoms with van der Waals surface area (Å²) in [6.07, 6.45) is 2.46. The smallest absolute Gasteiger partial charge is 0.321 e. The second-order valence-corrected chi connectivity index (χ2v) is 5.86. The van der Waals surface area contributed by atoms with Gasteiger partial charge in [0.05, 0.1) is 18.6 Å². The zero-order chi connectivity index (χ0) is 16.9. The van der Waals surface area contributed by atoms with Gasteiger partial charge in [-0.1, -0.05) is 0 Å². The number of carbonyl (C=O) groups is 1. The zero-order valence-electron chi connectivity index (χ0n) is 13.6. The number of benzene rings is 1. The van der Waals surface area contributed by atoms with Crippen LogP contribution < -0.4 is 5.32 Å². The Bertz CT molecular complexity index is 688. The lowest BCUT2D eigenvalue weighted by molar-refractivity contribution is 0.113. The molecule has 2 heterocycles. The lowest BCUT2D eigenvalue weighted by Gasteiger charge is -2.18. The fraction of sp³-hybridized carbons (Fsp3) is 0.389. The van der Waals surface area contributed by atoms with Crippen LogP contribution >= 0.6 is 0 Å². The average molecular weight is 332 g/mol. The van der Waals surface area contributed by atoms with Crippen LogP contribution in [-0.2, 0) is 4.74 Å². The first kappa shape index (κ1) is 16.5. The number of ether oxygens (including phenoxy) is 1. The van der Waals surface area contributed by atoms with Gasteiger partial charge in [-0.15, -0.1) is 0 Å². The van der Waals surface area contributed by atoms with Gasteiger partial charge in [0.2, 0.25) is 0 Å². The van der Waals surface area contributed by atoms with Crippen molar-refractivity contribution < 1.29 is 18.3 Å². The molecule has 0 unspecified atom stereocenters. The molecular weight excluding hydrogens is 311 g/mol. The summed E-state index contributed by atoms with van der Waals surface area (Å²) in [5, 5.41) is 2.66. The predicted molar refractivity (Wildman–Crippen MR) is 89.3 cm³/mol. The number of furan rings is 1. The highest BCUT2D eigenvalue weighted by Gasteiger charge is 2.26. The van der Waals surface area contributed by atoms with Crippen LogP contribution in [0.1, 0.15) is 13.3 Å². The lowest BCUT2D eigenvalue weighted by atomic mass is 10.1. The monoisotopic (exact) mass is 332 g/mol. The van der Waals surface area contributed by atoms with Crippen LogP contribution in [0, 0.1) is 11.7 Å². The average Bonchev–Trinajstić information content (AvgIpc) is 3.26. The highest BCUT2D eigenvalue weighted by atomic mass is 19.1. The normalized spacial score (nSPS) is 17.2. The second-order valence-electron chi connectivity index (χ2n) is 5.86. The van der Waals surface area contributed by atoms with Crippen LogP contribution in [0.3, 0.4) is 0 Å². The van der Waals surface area contributed by atoms with E-state index < -0.39 is 5.82 Å². The van der Waals surface area contributed by atoms with Crippen molar-refractivity contribution in [2.24, 2.45) is 5.92 Å². The molecule has 2 amide bonds. The molecule has 0 radical (unpaired) electrons. The van der Waals surface area contributed by atoms with Gasteiger partial charge in [0.25, 0.3) is 0 Å². The van der Waals surface area contributed by atoms with Gasteiger partial charge in [-0.2, -0.15) is 0 Å². The summed E-state index contributed by atoms with van der Waals surface area (Å²) in [4.78, 5) is 14.1. The van der Waals surface area contributed by atoms with E-state index in [1.54, 1.807) is 35.4 Å². The van der Waals surface area contributed by atoms with Crippen molar-refractivity contribution in [3.63, 3.8) is 0 Å². The Labute approximate surface area is 140 Å². The SMILES string of the molecule is CCOC[C@@H]1CCN(C(=O)Nc2cc(-c3ccco3)ccc2F)C1. The van der Waals surface area contributed by atoms with Crippen molar-refractivity contribution in [1.82, 2.24) is 4.90 Å². The van der Waals surface area contributed by atoms with Gasteiger partial charge < -0.3 is 19.4 Å². The third-order valence-corrected chi connectivity index (χ3v) is 4.14. The molecule has 1 saturated heterocycles. The third-order valence-electron chi connectivity index (χ3n) is 4.14. The maximum atomic E-state index is 14.0. The van der Waals surface area contributed by atoms with Gasteiger partial charge in [-0.25, -0.2) is 9.18 Å². The topological polar surface area (TPSA) is 54.7 Å². The highest BCUT2D eigenvalue weighted by molar-refractivity contribution is 5.90. The molecule has 3 rings (SSSR count). The van der Waals surface area contributed by atoms with Gasteiger partial charge in [-0.05, 0) is 43.7 Å². The molecule has 2 aromatic rings. The van der Waals surface area contributed by atoms with Crippen LogP contribution in [0.15, 0.2) is 41.0 Å². The molecule has 0 spiro atoms. The maximum Gasteiger partial charge on any atom is 0.321 e. The fourth-order valence-electron chi connectivity index (χ4n) is 2.85. The van der Waals surface area contributed by atoms with E-state index in [-0.39, 0.29) is 11.7 Å². The molecule has 1 aromatic heterocycles. The van der Waals surface area contributed by atoms with Gasteiger partial charge in [0.15, 0.2) is 0 Å². The Morgan fingerprint density at radius 2 is 2.33 bits per heavy atom. The van der Waals surface area contributed by atoms with E-state index in [4.69, 9.17) is 9.15 Å². The largest absolute Gasteiger partial charge is 0.464 e. The minimum atomic E-state index is -0.469. The molecule has 1 aliphatic heterocycles. The number of anilines is 1. The standard InChI is InChI=1S/C18H21FN2O3/c1-2-23-12-13-7-8-21(11-13)18(22)20-16-10-14(5-6-15(16)19)17-4-3-9-24-17/h3-6,9-10,13H,2,7-8,11-12H2,1H3,(H,20,22)/t13-/m1/s1. The quantitative estimate of drug-likeness (QED) is 0.901. The summed E-state index contributed by atoms with van der Waals surface area (Å²) >= 11 is 0. The van der Waals surface area contributed by atoms with E-state index in [1.165, 1.54) is 6.07 Å². The van der Waals surface area contributed by atoms with Gasteiger partial charge in [0, 0.05) is 31.2 Å². The van der Waals surface area contributed by atoms with E-state index in [2.05, 4.69) is 5.32 Å². The second kappa shape index (κ2) is 7.49. The minimum Gasteiger partial charge on any atom is -0.464 e. The first-order chi connectivity index (χ1) is 11.7. The number of hydrogen-bond acceptors (Lipinski definition) is 3. The van der Waals surface area contributed by atoms with Crippen LogP contribution in [-0.4, -0.2) is 37.2 Å². The Morgan fingerprint density at radius 3 is 3.08 bits per heavy atom. The number of nitrogens with zero attached hydrogens (tertiary/aromatic N) is 1. The van der Waals surface area contributed by atoms with E-state index in [1.807, 2.05) is 6.92 Å². The maximum absolute atomic E-state index is 14.0. The molecule has 128 valence electrons. The Hall–Kier alpha value is -2.34. The van der Waals surface area contributed by atoms with E-state index in [9.17, 15) is 9.18 Å². The number of halogens is 1. The molecule has 6 heteroatoms. The van der Waals surface area contributed by atoms with Gasteiger partial charge in [-0.3, -0.25) is 0 Å². The number of likely N-dealkylation sites (tertiary alicyclic amines) is 1. The molecular formula is C18H21FN2O3. The third kappa shape index (κ3) is 3.76. The van der Waals surface area contributed by atoms with Crippen molar-refractivity contribution >= 4 is 11.7 Å². The minimum absolute atomic E-state index is 0.155. The number of amides is 2. The van der Waals surface area contributed by atoms with Crippen molar-refractivity contribution in [2.45, 2.75) is 13.3 Å². The number of nitrogens with one attached hydrogen (secondary N) is 1. The summed E-state index contributed by atoms with van der Waals surface area (Å²) in [7, 11) is 0. The van der Waals surface area contributed by atoms with Crippen molar-refractivity contribution in [1.29, 1.82) is 0 Å². The lowest BCUT2D eigenvalue weighted by Crippen LogP contribution is -2.33. The van der Waals surface area contributed by atoms with Gasteiger partial charge in [0.1, 0.15) is 11.6 Å². The van der Waals surface area contributed by atoms with Crippen LogP contribution in [0.2, 0.25) is 0 Å². The Balaban J connectivity index is 1.65. The number of carbonyl (C=O) groups excluding carboxylic acids is 1. The molecule has 24 heavy (non-hydrogen) atoms. The summed E-state index contributed by atoms with van der Waals surface area (Å²) in [5.74, 6) is 0.502. The zero-order valence-corrected chi connectivity index (χ0v) is 13.6. The highest BCUT2D eigenvalue weighted by Crippen LogP contribution is 2.26. The first-order valence-corrected chi connectivity index (χ1v) is 8.14. The van der Waals surface area contributed by atoms with E-state index >= 15 is 0 Å². The molecule has 0 bridgehead atoms. The Morgan fingerprint density at radius 1 is 1.46 bits per heavy atom. The number of hydrogen-bond donors (Lipinski definition) is 1. The van der Waals surface area contributed by atoms with E-state index in [0.29, 0.717) is 43.5 Å². The predicted octanol–water partition coefficient (Wildman–Crippen LogP) is 3.98. The first-order valence-electron chi connectivity index (χ1n) is 8.14. The molecule has 1 N–H and O–H groups in total. The summed E-state index contributed by atoms with van der Waals surface area (Å²) in [5.41, 5.74) is 0.870.